The number of aliphatic hydroxyl groups is 2. The van der Waals surface area contributed by atoms with Crippen LogP contribution in [0.2, 0.25) is 0 Å². The van der Waals surface area contributed by atoms with Gasteiger partial charge in [0.25, 0.3) is 0 Å². The van der Waals surface area contributed by atoms with Gasteiger partial charge < -0.3 is 37.0 Å². The number of nitrogens with one attached hydrogen (secondary N) is 3. The Balaban J connectivity index is 4.57. The zero-order valence-electron chi connectivity index (χ0n) is 14.2. The second-order valence-electron chi connectivity index (χ2n) is 5.52. The summed E-state index contributed by atoms with van der Waals surface area (Å²) in [5.74, 6) is -3.92. The normalized spacial score (nSPS) is 15.4. The van der Waals surface area contributed by atoms with Gasteiger partial charge in [0, 0.05) is 0 Å². The Morgan fingerprint density at radius 3 is 2.08 bits per heavy atom. The van der Waals surface area contributed by atoms with Crippen molar-refractivity contribution in [1.82, 2.24) is 16.0 Å². The van der Waals surface area contributed by atoms with Crippen LogP contribution in [0.1, 0.15) is 20.3 Å². The standard InChI is InChI=1S/C14H26N4O7/c1-3-7(2)11(14(24)25)18-10(21)4-16-13(23)9(6-20)17-12(22)8(15)5-19/h7-9,11,19-20H,3-6,15H2,1-2H3,(H,16,23)(H,17,22)(H,18,21)(H,24,25). The van der Waals surface area contributed by atoms with Crippen LogP contribution in [-0.2, 0) is 19.2 Å². The molecule has 4 atom stereocenters. The number of aliphatic carboxylic acids is 1. The number of hydrogen-bond donors (Lipinski definition) is 7. The molecule has 144 valence electrons. The monoisotopic (exact) mass is 362 g/mol. The van der Waals surface area contributed by atoms with Gasteiger partial charge in [0.1, 0.15) is 18.1 Å². The first-order valence-electron chi connectivity index (χ1n) is 7.75. The van der Waals surface area contributed by atoms with Gasteiger partial charge in [0.05, 0.1) is 19.8 Å². The van der Waals surface area contributed by atoms with Crippen LogP contribution in [-0.4, -0.2) is 76.9 Å². The quantitative estimate of drug-likeness (QED) is 0.197. The van der Waals surface area contributed by atoms with E-state index in [4.69, 9.17) is 21.1 Å². The van der Waals surface area contributed by atoms with Crippen LogP contribution in [0.5, 0.6) is 0 Å². The lowest BCUT2D eigenvalue weighted by Crippen LogP contribution is -2.55. The number of carboxylic acids is 1. The minimum Gasteiger partial charge on any atom is -0.480 e. The molecule has 0 spiro atoms. The Morgan fingerprint density at radius 1 is 1.04 bits per heavy atom. The molecular weight excluding hydrogens is 336 g/mol. The lowest BCUT2D eigenvalue weighted by atomic mass is 9.99. The molecule has 0 aromatic carbocycles. The summed E-state index contributed by atoms with van der Waals surface area (Å²) in [6.07, 6.45) is 0.535. The molecule has 0 rings (SSSR count). The van der Waals surface area contributed by atoms with Crippen LogP contribution in [0.4, 0.5) is 0 Å². The Hall–Kier alpha value is -2.24. The fraction of sp³-hybridized carbons (Fsp3) is 0.714. The first-order valence-corrected chi connectivity index (χ1v) is 7.75. The molecule has 0 heterocycles. The van der Waals surface area contributed by atoms with Crippen molar-refractivity contribution in [2.45, 2.75) is 38.4 Å². The molecule has 25 heavy (non-hydrogen) atoms. The van der Waals surface area contributed by atoms with E-state index in [1.807, 2.05) is 0 Å². The van der Waals surface area contributed by atoms with Crippen molar-refractivity contribution in [1.29, 1.82) is 0 Å². The molecule has 0 saturated carbocycles. The van der Waals surface area contributed by atoms with Crippen LogP contribution in [0.3, 0.4) is 0 Å². The Morgan fingerprint density at radius 2 is 1.64 bits per heavy atom. The molecule has 0 aliphatic rings. The molecule has 0 bridgehead atoms. The molecule has 0 saturated heterocycles. The zero-order valence-corrected chi connectivity index (χ0v) is 14.2. The summed E-state index contributed by atoms with van der Waals surface area (Å²) < 4.78 is 0. The minimum absolute atomic E-state index is 0.304. The van der Waals surface area contributed by atoms with Crippen molar-refractivity contribution in [3.8, 4) is 0 Å². The zero-order chi connectivity index (χ0) is 19.6. The number of carbonyl (C=O) groups is 4. The van der Waals surface area contributed by atoms with Gasteiger partial charge in [-0.1, -0.05) is 20.3 Å². The van der Waals surface area contributed by atoms with Crippen LogP contribution in [0.15, 0.2) is 0 Å². The average molecular weight is 362 g/mol. The molecule has 0 aliphatic carbocycles. The molecule has 0 aliphatic heterocycles. The third-order valence-corrected chi connectivity index (χ3v) is 3.57. The summed E-state index contributed by atoms with van der Waals surface area (Å²) in [6, 6.07) is -3.70. The molecule has 0 aromatic rings. The van der Waals surface area contributed by atoms with E-state index in [1.54, 1.807) is 13.8 Å². The summed E-state index contributed by atoms with van der Waals surface area (Å²) in [5.41, 5.74) is 5.27. The second kappa shape index (κ2) is 11.3. The van der Waals surface area contributed by atoms with Crippen molar-refractivity contribution in [2.24, 2.45) is 11.7 Å². The number of nitrogens with two attached hydrogens (primary N) is 1. The molecule has 11 heteroatoms. The number of rotatable bonds is 11. The molecule has 3 amide bonds. The van der Waals surface area contributed by atoms with Crippen molar-refractivity contribution < 1.29 is 34.5 Å². The van der Waals surface area contributed by atoms with Crippen LogP contribution >= 0.6 is 0 Å². The average Bonchev–Trinajstić information content (AvgIpc) is 2.59. The number of carbonyl (C=O) groups excluding carboxylic acids is 3. The second-order valence-corrected chi connectivity index (χ2v) is 5.52. The van der Waals surface area contributed by atoms with Gasteiger partial charge in [-0.15, -0.1) is 0 Å². The highest BCUT2D eigenvalue weighted by Gasteiger charge is 2.26. The Kier molecular flexibility index (Phi) is 10.3. The first-order chi connectivity index (χ1) is 11.7. The van der Waals surface area contributed by atoms with Gasteiger partial charge in [-0.25, -0.2) is 4.79 Å². The number of carboxylic acid groups (broad SMARTS) is 1. The summed E-state index contributed by atoms with van der Waals surface area (Å²) in [6.45, 7) is 1.53. The summed E-state index contributed by atoms with van der Waals surface area (Å²) in [4.78, 5) is 46.2. The van der Waals surface area contributed by atoms with Crippen molar-refractivity contribution in [2.75, 3.05) is 19.8 Å². The number of hydrogen-bond acceptors (Lipinski definition) is 7. The third kappa shape index (κ3) is 7.92. The van der Waals surface area contributed by atoms with Crippen LogP contribution < -0.4 is 21.7 Å². The molecule has 0 fully saturated rings. The maximum Gasteiger partial charge on any atom is 0.326 e. The molecule has 4 unspecified atom stereocenters. The molecular formula is C14H26N4O7. The predicted molar refractivity (Wildman–Crippen MR) is 86.1 cm³/mol. The number of amides is 3. The molecule has 11 nitrogen and oxygen atoms in total. The first kappa shape index (κ1) is 22.8. The van der Waals surface area contributed by atoms with Crippen molar-refractivity contribution in [3.05, 3.63) is 0 Å². The minimum atomic E-state index is -1.36. The smallest absolute Gasteiger partial charge is 0.326 e. The SMILES string of the molecule is CCC(C)C(NC(=O)CNC(=O)C(CO)NC(=O)C(N)CO)C(=O)O. The van der Waals surface area contributed by atoms with Gasteiger partial charge in [-0.2, -0.15) is 0 Å². The van der Waals surface area contributed by atoms with Crippen molar-refractivity contribution >= 4 is 23.7 Å². The Bertz CT molecular complexity index is 486. The summed E-state index contributed by atoms with van der Waals surface area (Å²) in [5, 5.41) is 33.5. The highest BCUT2D eigenvalue weighted by molar-refractivity contribution is 5.92. The van der Waals surface area contributed by atoms with Crippen molar-refractivity contribution in [3.63, 3.8) is 0 Å². The third-order valence-electron chi connectivity index (χ3n) is 3.57. The highest BCUT2D eigenvalue weighted by Crippen LogP contribution is 2.07. The van der Waals surface area contributed by atoms with E-state index < -0.39 is 61.6 Å². The van der Waals surface area contributed by atoms with E-state index >= 15 is 0 Å². The fourth-order valence-corrected chi connectivity index (χ4v) is 1.75. The van der Waals surface area contributed by atoms with E-state index in [0.717, 1.165) is 0 Å². The predicted octanol–water partition coefficient (Wildman–Crippen LogP) is -3.49. The molecule has 0 aromatic heterocycles. The largest absolute Gasteiger partial charge is 0.480 e. The van der Waals surface area contributed by atoms with E-state index in [0.29, 0.717) is 6.42 Å². The summed E-state index contributed by atoms with van der Waals surface area (Å²) in [7, 11) is 0. The van der Waals surface area contributed by atoms with Gasteiger partial charge in [0.15, 0.2) is 0 Å². The lowest BCUT2D eigenvalue weighted by Gasteiger charge is -2.21. The molecule has 8 N–H and O–H groups in total. The molecule has 0 radical (unpaired) electrons. The van der Waals surface area contributed by atoms with Gasteiger partial charge >= 0.3 is 5.97 Å². The van der Waals surface area contributed by atoms with Crippen LogP contribution in [0.25, 0.3) is 0 Å². The van der Waals surface area contributed by atoms with E-state index in [1.165, 1.54) is 0 Å². The summed E-state index contributed by atoms with van der Waals surface area (Å²) >= 11 is 0. The maximum absolute atomic E-state index is 11.8. The van der Waals surface area contributed by atoms with Gasteiger partial charge in [-0.3, -0.25) is 14.4 Å². The maximum atomic E-state index is 11.8. The highest BCUT2D eigenvalue weighted by atomic mass is 16.4. The van der Waals surface area contributed by atoms with Gasteiger partial charge in [0.2, 0.25) is 17.7 Å². The van der Waals surface area contributed by atoms with Crippen LogP contribution in [0, 0.1) is 5.92 Å². The fourth-order valence-electron chi connectivity index (χ4n) is 1.75. The topological polar surface area (TPSA) is 191 Å². The van der Waals surface area contributed by atoms with E-state index in [2.05, 4.69) is 16.0 Å². The van der Waals surface area contributed by atoms with Gasteiger partial charge in [-0.05, 0) is 5.92 Å². The van der Waals surface area contributed by atoms with E-state index in [-0.39, 0.29) is 5.92 Å². The lowest BCUT2D eigenvalue weighted by molar-refractivity contribution is -0.143. The van der Waals surface area contributed by atoms with E-state index in [9.17, 15) is 19.2 Å². The number of aliphatic hydroxyl groups excluding tert-OH is 2. The Labute approximate surface area is 145 Å².